The van der Waals surface area contributed by atoms with Gasteiger partial charge >= 0.3 is 0 Å². The second-order valence-electron chi connectivity index (χ2n) is 7.25. The minimum atomic E-state index is -1.16. The van der Waals surface area contributed by atoms with Crippen molar-refractivity contribution in [3.63, 3.8) is 0 Å². The summed E-state index contributed by atoms with van der Waals surface area (Å²) >= 11 is 0. The highest BCUT2D eigenvalue weighted by atomic mass is 19.1. The van der Waals surface area contributed by atoms with Crippen molar-refractivity contribution in [1.29, 1.82) is 0 Å². The van der Waals surface area contributed by atoms with E-state index in [1.807, 2.05) is 0 Å². The van der Waals surface area contributed by atoms with Gasteiger partial charge in [-0.05, 0) is 37.1 Å². The molecule has 0 spiro atoms. The zero-order chi connectivity index (χ0) is 22.3. The predicted molar refractivity (Wildman–Crippen MR) is 104 cm³/mol. The minimum absolute atomic E-state index is 0.0248. The number of imide groups is 1. The third kappa shape index (κ3) is 3.77. The number of nitrogens with zero attached hydrogens (tertiary/aromatic N) is 1. The molecule has 8 nitrogen and oxygen atoms in total. The van der Waals surface area contributed by atoms with E-state index in [4.69, 9.17) is 10.5 Å². The molecule has 10 heteroatoms. The third-order valence-electron chi connectivity index (χ3n) is 5.21. The van der Waals surface area contributed by atoms with Crippen molar-refractivity contribution in [2.75, 3.05) is 18.5 Å². The van der Waals surface area contributed by atoms with Gasteiger partial charge in [0.05, 0.1) is 35.0 Å². The van der Waals surface area contributed by atoms with Gasteiger partial charge in [0.25, 0.3) is 23.6 Å². The maximum atomic E-state index is 14.0. The van der Waals surface area contributed by atoms with E-state index in [0.717, 1.165) is 23.8 Å². The summed E-state index contributed by atoms with van der Waals surface area (Å²) in [4.78, 5) is 50.2. The molecule has 2 aliphatic rings. The lowest BCUT2D eigenvalue weighted by atomic mass is 10.0. The first-order chi connectivity index (χ1) is 14.8. The Morgan fingerprint density at radius 1 is 1.10 bits per heavy atom. The molecule has 4 rings (SSSR count). The number of ether oxygens (including phenoxy) is 1. The van der Waals surface area contributed by atoms with Crippen molar-refractivity contribution >= 4 is 29.3 Å². The molecule has 0 aliphatic carbocycles. The van der Waals surface area contributed by atoms with Gasteiger partial charge in [-0.3, -0.25) is 24.1 Å². The van der Waals surface area contributed by atoms with Crippen LogP contribution in [0.3, 0.4) is 0 Å². The van der Waals surface area contributed by atoms with Crippen molar-refractivity contribution < 1.29 is 32.7 Å². The quantitative estimate of drug-likeness (QED) is 0.706. The molecule has 31 heavy (non-hydrogen) atoms. The number of fused-ring (bicyclic) bond motifs is 1. The molecular weight excluding hydrogens is 412 g/mol. The van der Waals surface area contributed by atoms with Crippen LogP contribution in [0.25, 0.3) is 0 Å². The molecule has 0 bridgehead atoms. The van der Waals surface area contributed by atoms with Gasteiger partial charge < -0.3 is 15.8 Å². The zero-order valence-corrected chi connectivity index (χ0v) is 16.1. The van der Waals surface area contributed by atoms with Crippen LogP contribution in [-0.4, -0.2) is 47.8 Å². The van der Waals surface area contributed by atoms with Gasteiger partial charge in [-0.25, -0.2) is 8.78 Å². The Bertz CT molecular complexity index is 1130. The first-order valence-corrected chi connectivity index (χ1v) is 9.48. The van der Waals surface area contributed by atoms with Crippen molar-refractivity contribution in [3.05, 3.63) is 64.2 Å². The molecule has 2 aliphatic heterocycles. The first-order valence-electron chi connectivity index (χ1n) is 9.48. The Hall–Kier alpha value is -3.66. The van der Waals surface area contributed by atoms with Gasteiger partial charge in [0.1, 0.15) is 11.6 Å². The zero-order valence-electron chi connectivity index (χ0n) is 16.1. The van der Waals surface area contributed by atoms with Gasteiger partial charge in [-0.2, -0.15) is 0 Å². The Kier molecular flexibility index (Phi) is 5.24. The number of benzene rings is 2. The topological polar surface area (TPSA) is 119 Å². The van der Waals surface area contributed by atoms with Crippen LogP contribution >= 0.6 is 0 Å². The Labute approximate surface area is 175 Å². The Morgan fingerprint density at radius 3 is 2.52 bits per heavy atom. The maximum absolute atomic E-state index is 14.0. The van der Waals surface area contributed by atoms with Gasteiger partial charge in [-0.15, -0.1) is 0 Å². The van der Waals surface area contributed by atoms with E-state index in [0.29, 0.717) is 12.7 Å². The lowest BCUT2D eigenvalue weighted by molar-refractivity contribution is 0.0475. The van der Waals surface area contributed by atoms with Crippen molar-refractivity contribution in [3.8, 4) is 0 Å². The highest BCUT2D eigenvalue weighted by Gasteiger charge is 2.38. The highest BCUT2D eigenvalue weighted by molar-refractivity contribution is 6.22. The largest absolute Gasteiger partial charge is 0.376 e. The number of hydrogen-bond donors (Lipinski definition) is 2. The molecule has 160 valence electrons. The van der Waals surface area contributed by atoms with Crippen LogP contribution in [0.1, 0.15) is 54.3 Å². The number of carbonyl (C=O) groups is 4. The summed E-state index contributed by atoms with van der Waals surface area (Å²) in [6.07, 6.45) is 1.39. The molecule has 4 amide bonds. The van der Waals surface area contributed by atoms with Crippen molar-refractivity contribution in [2.45, 2.75) is 18.9 Å². The van der Waals surface area contributed by atoms with Gasteiger partial charge in [0.15, 0.2) is 0 Å². The lowest BCUT2D eigenvalue weighted by Gasteiger charge is -2.17. The summed E-state index contributed by atoms with van der Waals surface area (Å²) in [6.45, 7) is 0.708. The number of amides is 4. The van der Waals surface area contributed by atoms with E-state index in [9.17, 15) is 28.0 Å². The van der Waals surface area contributed by atoms with Crippen LogP contribution in [0.15, 0.2) is 30.3 Å². The summed E-state index contributed by atoms with van der Waals surface area (Å²) in [5.41, 5.74) is 4.18. The monoisotopic (exact) mass is 429 g/mol. The number of halogens is 2. The van der Waals surface area contributed by atoms with E-state index in [1.165, 1.54) is 18.2 Å². The number of nitrogens with two attached hydrogens (primary N) is 1. The summed E-state index contributed by atoms with van der Waals surface area (Å²) in [5.74, 6) is -5.23. The molecule has 2 aromatic carbocycles. The molecule has 1 atom stereocenters. The first kappa shape index (κ1) is 20.6. The molecule has 0 radical (unpaired) electrons. The van der Waals surface area contributed by atoms with Crippen LogP contribution in [0.2, 0.25) is 0 Å². The molecule has 0 aromatic heterocycles. The molecule has 2 aromatic rings. The summed E-state index contributed by atoms with van der Waals surface area (Å²) in [5, 5.41) is 2.22. The highest BCUT2D eigenvalue weighted by Crippen LogP contribution is 2.27. The van der Waals surface area contributed by atoms with Gasteiger partial charge in [0.2, 0.25) is 0 Å². The Balaban J connectivity index is 1.56. The number of anilines is 1. The fraction of sp³-hybridized carbons (Fsp3) is 0.238. The third-order valence-corrected chi connectivity index (χ3v) is 5.21. The molecule has 1 unspecified atom stereocenters. The van der Waals surface area contributed by atoms with Gasteiger partial charge in [-0.1, -0.05) is 0 Å². The number of rotatable bonds is 5. The summed E-state index contributed by atoms with van der Waals surface area (Å²) in [6, 6.07) is 5.11. The summed E-state index contributed by atoms with van der Waals surface area (Å²) in [7, 11) is 0. The average Bonchev–Trinajstić information content (AvgIpc) is 3.32. The molecule has 1 fully saturated rings. The molecule has 0 saturated carbocycles. The predicted octanol–water partition coefficient (Wildman–Crippen LogP) is 2.09. The van der Waals surface area contributed by atoms with E-state index in [1.54, 1.807) is 0 Å². The Morgan fingerprint density at radius 2 is 1.84 bits per heavy atom. The van der Waals surface area contributed by atoms with E-state index in [2.05, 4.69) is 5.32 Å². The van der Waals surface area contributed by atoms with Crippen LogP contribution in [0.5, 0.6) is 0 Å². The molecule has 2 heterocycles. The number of primary amides is 1. The standard InChI is InChI=1S/C21H17F2N3O5/c22-15-8-16(23)17(7-14(15)18(24)27)25-19(28)10-3-4-12-13(6-10)21(30)26(20(12)29)9-11-2-1-5-31-11/h3-4,6-8,11H,1-2,5,9H2,(H2,24,27)(H,25,28). The minimum Gasteiger partial charge on any atom is -0.376 e. The second-order valence-corrected chi connectivity index (χ2v) is 7.25. The molecule has 1 saturated heterocycles. The lowest BCUT2D eigenvalue weighted by Crippen LogP contribution is -2.36. The number of carbonyl (C=O) groups excluding carboxylic acids is 4. The van der Waals surface area contributed by atoms with Crippen molar-refractivity contribution in [2.24, 2.45) is 5.73 Å². The molecule has 3 N–H and O–H groups in total. The smallest absolute Gasteiger partial charge is 0.261 e. The van der Waals surface area contributed by atoms with Crippen LogP contribution in [0.4, 0.5) is 14.5 Å². The van der Waals surface area contributed by atoms with E-state index < -0.39 is 46.5 Å². The fourth-order valence-electron chi connectivity index (χ4n) is 3.62. The second kappa shape index (κ2) is 7.88. The normalized spacial score (nSPS) is 17.7. The molecular formula is C21H17F2N3O5. The average molecular weight is 429 g/mol. The van der Waals surface area contributed by atoms with Gasteiger partial charge in [0, 0.05) is 18.2 Å². The van der Waals surface area contributed by atoms with E-state index >= 15 is 0 Å². The number of hydrogen-bond acceptors (Lipinski definition) is 5. The fourth-order valence-corrected chi connectivity index (χ4v) is 3.62. The van der Waals surface area contributed by atoms with Crippen molar-refractivity contribution in [1.82, 2.24) is 4.90 Å². The van der Waals surface area contributed by atoms with Crippen LogP contribution in [0, 0.1) is 11.6 Å². The van der Waals surface area contributed by atoms with E-state index in [-0.39, 0.29) is 29.3 Å². The van der Waals surface area contributed by atoms with Crippen LogP contribution < -0.4 is 11.1 Å². The number of nitrogens with one attached hydrogen (secondary N) is 1. The maximum Gasteiger partial charge on any atom is 0.261 e. The summed E-state index contributed by atoms with van der Waals surface area (Å²) < 4.78 is 33.1. The van der Waals surface area contributed by atoms with Crippen LogP contribution in [-0.2, 0) is 4.74 Å². The SMILES string of the molecule is NC(=O)c1cc(NC(=O)c2ccc3c(c2)C(=O)N(CC2CCCO2)C3=O)c(F)cc1F.